The van der Waals surface area contributed by atoms with Crippen LogP contribution in [-0.4, -0.2) is 28.0 Å². The number of para-hydroxylation sites is 1. The first-order chi connectivity index (χ1) is 15.3. The van der Waals surface area contributed by atoms with Gasteiger partial charge in [-0.05, 0) is 48.3 Å². The molecule has 1 N–H and O–H groups in total. The number of aliphatic hydroxyl groups is 1. The number of fused-ring (bicyclic) bond motifs is 1. The Balaban J connectivity index is 1.68. The summed E-state index contributed by atoms with van der Waals surface area (Å²) in [6.45, 7) is 8.13. The third-order valence-corrected chi connectivity index (χ3v) is 8.47. The molecule has 1 aliphatic heterocycles. The third-order valence-electron chi connectivity index (χ3n) is 8.47. The normalized spacial score (nSPS) is 29.7. The summed E-state index contributed by atoms with van der Waals surface area (Å²) in [5, 5.41) is 14.9. The van der Waals surface area contributed by atoms with Crippen molar-refractivity contribution in [3.05, 3.63) is 78.9 Å². The van der Waals surface area contributed by atoms with Crippen LogP contribution in [-0.2, 0) is 15.2 Å². The number of amides is 2. The molecule has 2 aliphatic carbocycles. The van der Waals surface area contributed by atoms with E-state index in [0.717, 1.165) is 19.3 Å². The second kappa shape index (κ2) is 7.04. The van der Waals surface area contributed by atoms with Crippen LogP contribution in [0, 0.1) is 16.7 Å². The summed E-state index contributed by atoms with van der Waals surface area (Å²) in [6.07, 6.45) is 4.17. The van der Waals surface area contributed by atoms with Gasteiger partial charge < -0.3 is 5.11 Å². The van der Waals surface area contributed by atoms with Crippen molar-refractivity contribution in [2.75, 3.05) is 5.01 Å². The van der Waals surface area contributed by atoms with Crippen LogP contribution in [0.1, 0.15) is 45.1 Å². The molecule has 3 fully saturated rings. The van der Waals surface area contributed by atoms with Gasteiger partial charge in [-0.2, -0.15) is 0 Å². The molecule has 2 saturated carbocycles. The van der Waals surface area contributed by atoms with Crippen molar-refractivity contribution in [2.24, 2.45) is 16.7 Å². The Hall–Kier alpha value is -2.92. The largest absolute Gasteiger partial charge is 0.375 e. The molecule has 0 radical (unpaired) electrons. The van der Waals surface area contributed by atoms with E-state index in [0.29, 0.717) is 17.2 Å². The molecule has 2 aromatic rings. The number of nitrogens with zero attached hydrogens (tertiary/aromatic N) is 2. The van der Waals surface area contributed by atoms with Gasteiger partial charge in [0.25, 0.3) is 11.8 Å². The molecule has 166 valence electrons. The molecule has 1 heterocycles. The predicted molar refractivity (Wildman–Crippen MR) is 123 cm³/mol. The predicted octanol–water partition coefficient (Wildman–Crippen LogP) is 4.44. The van der Waals surface area contributed by atoms with E-state index in [-0.39, 0.29) is 23.8 Å². The van der Waals surface area contributed by atoms with Gasteiger partial charge in [0.2, 0.25) is 0 Å². The first-order valence-electron chi connectivity index (χ1n) is 11.4. The zero-order chi connectivity index (χ0) is 22.7. The molecule has 2 aromatic carbocycles. The molecular formula is C27H30N2O3. The molecule has 1 saturated heterocycles. The summed E-state index contributed by atoms with van der Waals surface area (Å²) in [5.74, 6) is -0.110. The summed E-state index contributed by atoms with van der Waals surface area (Å²) >= 11 is 0. The third kappa shape index (κ3) is 2.49. The minimum Gasteiger partial charge on any atom is -0.375 e. The summed E-state index contributed by atoms with van der Waals surface area (Å²) in [4.78, 5) is 28.4. The van der Waals surface area contributed by atoms with E-state index in [9.17, 15) is 14.7 Å². The molecule has 0 unspecified atom stereocenters. The first-order valence-corrected chi connectivity index (χ1v) is 11.4. The average Bonchev–Trinajstić information content (AvgIpc) is 3.32. The summed E-state index contributed by atoms with van der Waals surface area (Å²) in [7, 11) is 0. The van der Waals surface area contributed by atoms with Crippen molar-refractivity contribution in [1.82, 2.24) is 5.01 Å². The van der Waals surface area contributed by atoms with Gasteiger partial charge in [-0.15, -0.1) is 6.58 Å². The fraction of sp³-hybridized carbons (Fsp3) is 0.407. The van der Waals surface area contributed by atoms with Gasteiger partial charge in [0.15, 0.2) is 5.60 Å². The van der Waals surface area contributed by atoms with E-state index in [1.54, 1.807) is 28.2 Å². The van der Waals surface area contributed by atoms with Crippen molar-refractivity contribution >= 4 is 17.5 Å². The van der Waals surface area contributed by atoms with E-state index in [1.807, 2.05) is 48.5 Å². The minimum absolute atomic E-state index is 0.0268. The highest BCUT2D eigenvalue weighted by molar-refractivity contribution is 6.06. The van der Waals surface area contributed by atoms with Crippen molar-refractivity contribution in [1.29, 1.82) is 0 Å². The van der Waals surface area contributed by atoms with Crippen LogP contribution in [0.3, 0.4) is 0 Å². The zero-order valence-corrected chi connectivity index (χ0v) is 18.7. The number of hydrogen-bond acceptors (Lipinski definition) is 3. The van der Waals surface area contributed by atoms with Gasteiger partial charge in [-0.1, -0.05) is 68.5 Å². The number of hydrazine groups is 1. The molecule has 3 aliphatic rings. The highest BCUT2D eigenvalue weighted by Gasteiger charge is 2.75. The van der Waals surface area contributed by atoms with Crippen molar-refractivity contribution in [2.45, 2.75) is 51.2 Å². The Morgan fingerprint density at radius 1 is 1.16 bits per heavy atom. The van der Waals surface area contributed by atoms with Gasteiger partial charge in [-0.25, -0.2) is 10.0 Å². The minimum atomic E-state index is -1.80. The molecule has 0 aromatic heterocycles. The monoisotopic (exact) mass is 430 g/mol. The molecule has 32 heavy (non-hydrogen) atoms. The molecule has 5 heteroatoms. The van der Waals surface area contributed by atoms with E-state index in [4.69, 9.17) is 0 Å². The fourth-order valence-corrected chi connectivity index (χ4v) is 6.67. The smallest absolute Gasteiger partial charge is 0.278 e. The van der Waals surface area contributed by atoms with Crippen molar-refractivity contribution in [3.8, 4) is 0 Å². The van der Waals surface area contributed by atoms with Crippen LogP contribution in [0.5, 0.6) is 0 Å². The second-order valence-corrected chi connectivity index (χ2v) is 10.0. The molecule has 5 nitrogen and oxygen atoms in total. The van der Waals surface area contributed by atoms with Crippen LogP contribution < -0.4 is 5.01 Å². The summed E-state index contributed by atoms with van der Waals surface area (Å²) < 4.78 is 0. The van der Waals surface area contributed by atoms with Crippen LogP contribution >= 0.6 is 0 Å². The van der Waals surface area contributed by atoms with Crippen molar-refractivity contribution < 1.29 is 14.7 Å². The van der Waals surface area contributed by atoms with Crippen LogP contribution in [0.2, 0.25) is 0 Å². The molecule has 4 atom stereocenters. The van der Waals surface area contributed by atoms with Gasteiger partial charge in [0, 0.05) is 6.42 Å². The lowest BCUT2D eigenvalue weighted by atomic mass is 9.67. The first kappa shape index (κ1) is 21.0. The van der Waals surface area contributed by atoms with Gasteiger partial charge in [-0.3, -0.25) is 9.59 Å². The Kier molecular flexibility index (Phi) is 4.61. The summed E-state index contributed by atoms with van der Waals surface area (Å²) in [5.41, 5.74) is -1.47. The van der Waals surface area contributed by atoms with Crippen LogP contribution in [0.15, 0.2) is 73.3 Å². The highest BCUT2D eigenvalue weighted by Crippen LogP contribution is 2.70. The quantitative estimate of drug-likeness (QED) is 0.714. The van der Waals surface area contributed by atoms with E-state index >= 15 is 0 Å². The Bertz CT molecular complexity index is 1070. The molecule has 2 amide bonds. The maximum Gasteiger partial charge on any atom is 0.278 e. The second-order valence-electron chi connectivity index (χ2n) is 10.0. The molecule has 1 spiro atoms. The number of carbonyl (C=O) groups excluding carboxylic acids is 2. The lowest BCUT2D eigenvalue weighted by Gasteiger charge is -2.39. The molecule has 2 bridgehead atoms. The maximum atomic E-state index is 14.2. The fourth-order valence-electron chi connectivity index (χ4n) is 6.67. The average molecular weight is 431 g/mol. The Morgan fingerprint density at radius 3 is 2.38 bits per heavy atom. The maximum absolute atomic E-state index is 14.2. The topological polar surface area (TPSA) is 60.9 Å². The van der Waals surface area contributed by atoms with Gasteiger partial charge >= 0.3 is 0 Å². The number of anilines is 1. The molecular weight excluding hydrogens is 400 g/mol. The number of carbonyl (C=O) groups is 2. The zero-order valence-electron chi connectivity index (χ0n) is 18.7. The van der Waals surface area contributed by atoms with Crippen LogP contribution in [0.25, 0.3) is 0 Å². The standard InChI is InChI=1S/C27H30N2O3/c1-4-16-27(32,19-11-7-5-8-12-19)24(31)29-22-18-20-15-17-26(22,25(20,2)3)23(30)28(29)21-13-9-6-10-14-21/h4-14,20,22,32H,1,15-18H2,2-3H3/t20-,22-,26+,27+/m1/s1. The summed E-state index contributed by atoms with van der Waals surface area (Å²) in [6, 6.07) is 18.0. The van der Waals surface area contributed by atoms with E-state index in [2.05, 4.69) is 20.4 Å². The van der Waals surface area contributed by atoms with Crippen LogP contribution in [0.4, 0.5) is 5.69 Å². The number of benzene rings is 2. The SMILES string of the molecule is C=CC[C@@](O)(C(=O)N1[C@@H]2C[C@H]3CC[C@]2(C(=O)N1c1ccccc1)C3(C)C)c1ccccc1. The number of hydrogen-bond donors (Lipinski definition) is 1. The van der Waals surface area contributed by atoms with E-state index < -0.39 is 16.9 Å². The highest BCUT2D eigenvalue weighted by atomic mass is 16.3. The molecule has 5 rings (SSSR count). The van der Waals surface area contributed by atoms with Crippen molar-refractivity contribution in [3.63, 3.8) is 0 Å². The Labute approximate surface area is 189 Å². The van der Waals surface area contributed by atoms with Gasteiger partial charge in [0.1, 0.15) is 0 Å². The Morgan fingerprint density at radius 2 is 1.78 bits per heavy atom. The lowest BCUT2D eigenvalue weighted by molar-refractivity contribution is -0.155. The number of rotatable bonds is 5. The lowest BCUT2D eigenvalue weighted by Crippen LogP contribution is -2.55. The van der Waals surface area contributed by atoms with E-state index in [1.165, 1.54) is 0 Å². The van der Waals surface area contributed by atoms with Gasteiger partial charge in [0.05, 0.1) is 17.1 Å².